The third-order valence-corrected chi connectivity index (χ3v) is 3.89. The molecule has 0 radical (unpaired) electrons. The topological polar surface area (TPSA) is 45.7 Å². The second-order valence-electron chi connectivity index (χ2n) is 7.01. The standard InChI is InChI=1S/C17H27N3O2/c1-13-7-6-8-18-15(13)12-19-9-10-20(11-14(19)2)16(21)22-17(3,4)5/h6-8,14H,9-12H2,1-5H3/t14-/m0/s1. The van der Waals surface area contributed by atoms with Crippen molar-refractivity contribution >= 4 is 6.09 Å². The molecule has 0 aliphatic carbocycles. The summed E-state index contributed by atoms with van der Waals surface area (Å²) in [4.78, 5) is 20.8. The van der Waals surface area contributed by atoms with Crippen LogP contribution in [0.15, 0.2) is 18.3 Å². The zero-order valence-electron chi connectivity index (χ0n) is 14.3. The largest absolute Gasteiger partial charge is 0.444 e. The number of pyridine rings is 1. The van der Waals surface area contributed by atoms with Crippen molar-refractivity contribution in [2.24, 2.45) is 0 Å². The molecule has 2 rings (SSSR count). The smallest absolute Gasteiger partial charge is 0.410 e. The number of rotatable bonds is 2. The maximum absolute atomic E-state index is 12.2. The summed E-state index contributed by atoms with van der Waals surface area (Å²) < 4.78 is 5.45. The van der Waals surface area contributed by atoms with Gasteiger partial charge in [-0.3, -0.25) is 9.88 Å². The van der Waals surface area contributed by atoms with E-state index in [2.05, 4.69) is 29.8 Å². The summed E-state index contributed by atoms with van der Waals surface area (Å²) in [7, 11) is 0. The molecular weight excluding hydrogens is 278 g/mol. The molecule has 0 bridgehead atoms. The van der Waals surface area contributed by atoms with Crippen molar-refractivity contribution < 1.29 is 9.53 Å². The summed E-state index contributed by atoms with van der Waals surface area (Å²) in [6, 6.07) is 4.34. The van der Waals surface area contributed by atoms with Gasteiger partial charge >= 0.3 is 6.09 Å². The van der Waals surface area contributed by atoms with Gasteiger partial charge in [-0.2, -0.15) is 0 Å². The first-order valence-corrected chi connectivity index (χ1v) is 7.89. The molecule has 1 saturated heterocycles. The summed E-state index contributed by atoms with van der Waals surface area (Å²) in [5.41, 5.74) is 1.88. The van der Waals surface area contributed by atoms with Crippen LogP contribution in [0.2, 0.25) is 0 Å². The van der Waals surface area contributed by atoms with Crippen LogP contribution in [0.1, 0.15) is 39.0 Å². The molecule has 0 spiro atoms. The van der Waals surface area contributed by atoms with Crippen LogP contribution in [-0.2, 0) is 11.3 Å². The Morgan fingerprint density at radius 3 is 2.73 bits per heavy atom. The van der Waals surface area contributed by atoms with E-state index in [9.17, 15) is 4.79 Å². The van der Waals surface area contributed by atoms with Gasteiger partial charge in [0.2, 0.25) is 0 Å². The van der Waals surface area contributed by atoms with E-state index in [4.69, 9.17) is 4.74 Å². The first kappa shape index (κ1) is 16.7. The lowest BCUT2D eigenvalue weighted by molar-refractivity contribution is 0.00441. The molecule has 1 atom stereocenters. The van der Waals surface area contributed by atoms with E-state index in [0.717, 1.165) is 18.8 Å². The van der Waals surface area contributed by atoms with Crippen LogP contribution in [0.4, 0.5) is 4.79 Å². The maximum Gasteiger partial charge on any atom is 0.410 e. The highest BCUT2D eigenvalue weighted by Gasteiger charge is 2.29. The Morgan fingerprint density at radius 2 is 2.14 bits per heavy atom. The Morgan fingerprint density at radius 1 is 1.41 bits per heavy atom. The molecule has 0 unspecified atom stereocenters. The molecule has 22 heavy (non-hydrogen) atoms. The van der Waals surface area contributed by atoms with Crippen LogP contribution in [0, 0.1) is 6.92 Å². The molecule has 1 amide bonds. The summed E-state index contributed by atoms with van der Waals surface area (Å²) in [5, 5.41) is 0. The molecular formula is C17H27N3O2. The second kappa shape index (κ2) is 6.65. The highest BCUT2D eigenvalue weighted by Crippen LogP contribution is 2.17. The van der Waals surface area contributed by atoms with Crippen molar-refractivity contribution in [1.82, 2.24) is 14.8 Å². The minimum Gasteiger partial charge on any atom is -0.444 e. The minimum atomic E-state index is -0.442. The molecule has 0 saturated carbocycles. The van der Waals surface area contributed by atoms with Gasteiger partial charge in [0.1, 0.15) is 5.60 Å². The normalized spacial score (nSPS) is 20.0. The number of aryl methyl sites for hydroxylation is 1. The van der Waals surface area contributed by atoms with E-state index < -0.39 is 5.60 Å². The van der Waals surface area contributed by atoms with Crippen LogP contribution in [0.3, 0.4) is 0 Å². The molecule has 1 aliphatic rings. The van der Waals surface area contributed by atoms with Gasteiger partial charge in [-0.1, -0.05) is 6.07 Å². The van der Waals surface area contributed by atoms with Crippen LogP contribution in [0.25, 0.3) is 0 Å². The molecule has 5 nitrogen and oxygen atoms in total. The van der Waals surface area contributed by atoms with Gasteiger partial charge < -0.3 is 9.64 Å². The fraction of sp³-hybridized carbons (Fsp3) is 0.647. The zero-order chi connectivity index (χ0) is 16.3. The summed E-state index contributed by atoms with van der Waals surface area (Å²) in [5.74, 6) is 0. The minimum absolute atomic E-state index is 0.215. The van der Waals surface area contributed by atoms with E-state index in [1.165, 1.54) is 5.56 Å². The third kappa shape index (κ3) is 4.44. The highest BCUT2D eigenvalue weighted by molar-refractivity contribution is 5.68. The Labute approximate surface area is 133 Å². The average molecular weight is 305 g/mol. The van der Waals surface area contributed by atoms with Gasteiger partial charge in [0.15, 0.2) is 0 Å². The van der Waals surface area contributed by atoms with Gasteiger partial charge in [-0.05, 0) is 46.2 Å². The Kier molecular flexibility index (Phi) is 5.06. The summed E-state index contributed by atoms with van der Waals surface area (Å²) >= 11 is 0. The fourth-order valence-electron chi connectivity index (χ4n) is 2.60. The maximum atomic E-state index is 12.2. The summed E-state index contributed by atoms with van der Waals surface area (Å²) in [6.45, 7) is 13.0. The lowest BCUT2D eigenvalue weighted by atomic mass is 10.1. The van der Waals surface area contributed by atoms with Crippen molar-refractivity contribution in [3.05, 3.63) is 29.6 Å². The quantitative estimate of drug-likeness (QED) is 0.843. The molecule has 122 valence electrons. The van der Waals surface area contributed by atoms with Crippen molar-refractivity contribution in [2.45, 2.75) is 52.8 Å². The van der Waals surface area contributed by atoms with Crippen LogP contribution >= 0.6 is 0 Å². The molecule has 5 heteroatoms. The van der Waals surface area contributed by atoms with E-state index in [-0.39, 0.29) is 6.09 Å². The highest BCUT2D eigenvalue weighted by atomic mass is 16.6. The monoisotopic (exact) mass is 305 g/mol. The number of carbonyl (C=O) groups excluding carboxylic acids is 1. The number of hydrogen-bond donors (Lipinski definition) is 0. The predicted octanol–water partition coefficient (Wildman–Crippen LogP) is 2.83. The van der Waals surface area contributed by atoms with Crippen molar-refractivity contribution in [2.75, 3.05) is 19.6 Å². The van der Waals surface area contributed by atoms with Gasteiger partial charge in [-0.25, -0.2) is 4.79 Å². The number of ether oxygens (including phenoxy) is 1. The predicted molar refractivity (Wildman–Crippen MR) is 86.7 cm³/mol. The lowest BCUT2D eigenvalue weighted by Gasteiger charge is -2.40. The number of piperazine rings is 1. The molecule has 0 aromatic carbocycles. The second-order valence-corrected chi connectivity index (χ2v) is 7.01. The number of aromatic nitrogens is 1. The first-order valence-electron chi connectivity index (χ1n) is 7.89. The van der Waals surface area contributed by atoms with Crippen molar-refractivity contribution in [3.63, 3.8) is 0 Å². The van der Waals surface area contributed by atoms with E-state index in [1.807, 2.05) is 33.0 Å². The third-order valence-electron chi connectivity index (χ3n) is 3.89. The zero-order valence-corrected chi connectivity index (χ0v) is 14.3. The van der Waals surface area contributed by atoms with E-state index in [0.29, 0.717) is 19.1 Å². The first-order chi connectivity index (χ1) is 10.3. The number of carbonyl (C=O) groups is 1. The van der Waals surface area contributed by atoms with E-state index in [1.54, 1.807) is 4.90 Å². The van der Waals surface area contributed by atoms with Crippen molar-refractivity contribution in [3.8, 4) is 0 Å². The van der Waals surface area contributed by atoms with Crippen LogP contribution < -0.4 is 0 Å². The average Bonchev–Trinajstić information content (AvgIpc) is 2.41. The van der Waals surface area contributed by atoms with Gasteiger partial charge in [0.05, 0.1) is 5.69 Å². The molecule has 1 aliphatic heterocycles. The molecule has 1 aromatic rings. The Bertz CT molecular complexity index is 525. The molecule has 2 heterocycles. The summed E-state index contributed by atoms with van der Waals surface area (Å²) in [6.07, 6.45) is 1.62. The van der Waals surface area contributed by atoms with Crippen LogP contribution in [0.5, 0.6) is 0 Å². The van der Waals surface area contributed by atoms with Gasteiger partial charge in [-0.15, -0.1) is 0 Å². The molecule has 1 aromatic heterocycles. The Hall–Kier alpha value is -1.62. The SMILES string of the molecule is Cc1cccnc1CN1CCN(C(=O)OC(C)(C)C)C[C@@H]1C. The molecule has 1 fully saturated rings. The number of amides is 1. The number of nitrogens with zero attached hydrogens (tertiary/aromatic N) is 3. The number of hydrogen-bond acceptors (Lipinski definition) is 4. The Balaban J connectivity index is 1.93. The van der Waals surface area contributed by atoms with Gasteiger partial charge in [0, 0.05) is 38.4 Å². The van der Waals surface area contributed by atoms with E-state index >= 15 is 0 Å². The van der Waals surface area contributed by atoms with Crippen LogP contribution in [-0.4, -0.2) is 52.2 Å². The lowest BCUT2D eigenvalue weighted by Crippen LogP contribution is -2.54. The fourth-order valence-corrected chi connectivity index (χ4v) is 2.60. The van der Waals surface area contributed by atoms with Crippen molar-refractivity contribution in [1.29, 1.82) is 0 Å². The van der Waals surface area contributed by atoms with Gasteiger partial charge in [0.25, 0.3) is 0 Å². The molecule has 0 N–H and O–H groups in total.